The molecule has 0 aromatic carbocycles. The van der Waals surface area contributed by atoms with Crippen LogP contribution in [-0.2, 0) is 11.3 Å². The number of hydrogen-bond donors (Lipinski definition) is 0. The van der Waals surface area contributed by atoms with Crippen LogP contribution in [0.15, 0.2) is 12.4 Å². The molecule has 0 spiro atoms. The van der Waals surface area contributed by atoms with Gasteiger partial charge in [-0.05, 0) is 31.6 Å². The van der Waals surface area contributed by atoms with Crippen molar-refractivity contribution >= 4 is 11.6 Å². The Balaban J connectivity index is 1.80. The second kappa shape index (κ2) is 7.25. The van der Waals surface area contributed by atoms with Gasteiger partial charge < -0.3 is 9.64 Å². The molecular weight excluding hydrogens is 290 g/mol. The van der Waals surface area contributed by atoms with Crippen molar-refractivity contribution < 1.29 is 4.74 Å². The molecule has 0 atom stereocenters. The third kappa shape index (κ3) is 3.47. The minimum Gasteiger partial charge on any atom is -0.378 e. The summed E-state index contributed by atoms with van der Waals surface area (Å²) in [7, 11) is 3.85. The number of methoxy groups -OCH3 is 1. The first kappa shape index (κ1) is 16.2. The predicted molar refractivity (Wildman–Crippen MR) is 90.6 cm³/mol. The standard InChI is InChI=1S/C17H27N5O/c1-4-5-13-6-8-15(9-7-13)21(2)16-10-14(11-23-3)20-17-18-12-19-22(16)17/h10,12-13,15H,4-9,11H2,1-3H3. The number of nitrogens with zero attached hydrogens (tertiary/aromatic N) is 5. The van der Waals surface area contributed by atoms with Gasteiger partial charge in [0.2, 0.25) is 0 Å². The number of hydrogen-bond acceptors (Lipinski definition) is 5. The third-order valence-corrected chi connectivity index (χ3v) is 5.00. The van der Waals surface area contributed by atoms with Gasteiger partial charge in [-0.25, -0.2) is 4.98 Å². The van der Waals surface area contributed by atoms with Gasteiger partial charge in [-0.1, -0.05) is 19.8 Å². The molecule has 0 N–H and O–H groups in total. The number of anilines is 1. The Labute approximate surface area is 137 Å². The van der Waals surface area contributed by atoms with E-state index >= 15 is 0 Å². The second-order valence-electron chi connectivity index (χ2n) is 6.58. The fourth-order valence-electron chi connectivity index (χ4n) is 3.73. The van der Waals surface area contributed by atoms with Gasteiger partial charge in [-0.2, -0.15) is 14.6 Å². The number of rotatable bonds is 6. The van der Waals surface area contributed by atoms with Gasteiger partial charge in [0.1, 0.15) is 12.1 Å². The van der Waals surface area contributed by atoms with Crippen LogP contribution in [0, 0.1) is 5.92 Å². The minimum atomic E-state index is 0.493. The highest BCUT2D eigenvalue weighted by Crippen LogP contribution is 2.32. The Bertz CT molecular complexity index is 633. The zero-order valence-corrected chi connectivity index (χ0v) is 14.4. The highest BCUT2D eigenvalue weighted by Gasteiger charge is 2.25. The number of ether oxygens (including phenoxy) is 1. The van der Waals surface area contributed by atoms with E-state index in [9.17, 15) is 0 Å². The van der Waals surface area contributed by atoms with Crippen molar-refractivity contribution in [3.05, 3.63) is 18.1 Å². The lowest BCUT2D eigenvalue weighted by atomic mass is 9.83. The van der Waals surface area contributed by atoms with Crippen LogP contribution in [0.25, 0.3) is 5.78 Å². The summed E-state index contributed by atoms with van der Waals surface area (Å²) in [5, 5.41) is 4.34. The van der Waals surface area contributed by atoms with E-state index in [1.165, 1.54) is 38.5 Å². The first-order chi connectivity index (χ1) is 11.2. The van der Waals surface area contributed by atoms with Crippen LogP contribution < -0.4 is 4.90 Å². The normalized spacial score (nSPS) is 21.7. The Morgan fingerprint density at radius 3 is 2.78 bits per heavy atom. The van der Waals surface area contributed by atoms with Crippen molar-refractivity contribution in [3.8, 4) is 0 Å². The minimum absolute atomic E-state index is 0.493. The molecular formula is C17H27N5O. The van der Waals surface area contributed by atoms with Gasteiger partial charge in [0.15, 0.2) is 0 Å². The molecule has 23 heavy (non-hydrogen) atoms. The van der Waals surface area contributed by atoms with Crippen molar-refractivity contribution in [2.75, 3.05) is 19.1 Å². The van der Waals surface area contributed by atoms with Crippen LogP contribution in [0.3, 0.4) is 0 Å². The maximum Gasteiger partial charge on any atom is 0.254 e. The van der Waals surface area contributed by atoms with E-state index in [0.29, 0.717) is 18.4 Å². The van der Waals surface area contributed by atoms with E-state index in [1.54, 1.807) is 13.4 Å². The highest BCUT2D eigenvalue weighted by atomic mass is 16.5. The second-order valence-corrected chi connectivity index (χ2v) is 6.58. The van der Waals surface area contributed by atoms with Crippen LogP contribution in [0.2, 0.25) is 0 Å². The lowest BCUT2D eigenvalue weighted by Gasteiger charge is -2.35. The fraction of sp³-hybridized carbons (Fsp3) is 0.706. The Kier molecular flexibility index (Phi) is 5.10. The maximum atomic E-state index is 5.24. The summed E-state index contributed by atoms with van der Waals surface area (Å²) in [5.74, 6) is 2.61. The quantitative estimate of drug-likeness (QED) is 0.819. The lowest BCUT2D eigenvalue weighted by Crippen LogP contribution is -2.36. The summed E-state index contributed by atoms with van der Waals surface area (Å²) >= 11 is 0. The van der Waals surface area contributed by atoms with Gasteiger partial charge >= 0.3 is 0 Å². The lowest BCUT2D eigenvalue weighted by molar-refractivity contribution is 0.181. The molecule has 3 rings (SSSR count). The monoisotopic (exact) mass is 317 g/mol. The number of fused-ring (bicyclic) bond motifs is 1. The molecule has 2 heterocycles. The van der Waals surface area contributed by atoms with E-state index in [1.807, 2.05) is 4.52 Å². The van der Waals surface area contributed by atoms with Crippen LogP contribution in [-0.4, -0.2) is 39.8 Å². The molecule has 0 amide bonds. The highest BCUT2D eigenvalue weighted by molar-refractivity contribution is 5.47. The van der Waals surface area contributed by atoms with Gasteiger partial charge in [-0.15, -0.1) is 0 Å². The summed E-state index contributed by atoms with van der Waals surface area (Å²) in [6.45, 7) is 2.78. The van der Waals surface area contributed by atoms with E-state index in [4.69, 9.17) is 4.74 Å². The van der Waals surface area contributed by atoms with Crippen molar-refractivity contribution in [1.29, 1.82) is 0 Å². The summed E-state index contributed by atoms with van der Waals surface area (Å²) in [4.78, 5) is 11.1. The molecule has 1 aliphatic carbocycles. The third-order valence-electron chi connectivity index (χ3n) is 5.00. The Morgan fingerprint density at radius 1 is 1.30 bits per heavy atom. The number of aromatic nitrogens is 4. The van der Waals surface area contributed by atoms with Crippen molar-refractivity contribution in [1.82, 2.24) is 19.6 Å². The molecule has 2 aromatic rings. The van der Waals surface area contributed by atoms with Crippen LogP contribution in [0.1, 0.15) is 51.1 Å². The summed E-state index contributed by atoms with van der Waals surface area (Å²) in [6.07, 6.45) is 9.40. The summed E-state index contributed by atoms with van der Waals surface area (Å²) in [6, 6.07) is 2.64. The predicted octanol–water partition coefficient (Wildman–Crippen LogP) is 3.07. The summed E-state index contributed by atoms with van der Waals surface area (Å²) in [5.41, 5.74) is 0.898. The van der Waals surface area contributed by atoms with Gasteiger partial charge in [-0.3, -0.25) is 0 Å². The smallest absolute Gasteiger partial charge is 0.254 e. The van der Waals surface area contributed by atoms with Crippen LogP contribution in [0.4, 0.5) is 5.82 Å². The molecule has 6 heteroatoms. The zero-order chi connectivity index (χ0) is 16.2. The van der Waals surface area contributed by atoms with E-state index in [-0.39, 0.29) is 0 Å². The molecule has 0 bridgehead atoms. The van der Waals surface area contributed by atoms with E-state index < -0.39 is 0 Å². The van der Waals surface area contributed by atoms with Gasteiger partial charge in [0, 0.05) is 26.3 Å². The molecule has 6 nitrogen and oxygen atoms in total. The van der Waals surface area contributed by atoms with Crippen molar-refractivity contribution in [2.24, 2.45) is 5.92 Å². The topological polar surface area (TPSA) is 55.5 Å². The van der Waals surface area contributed by atoms with Crippen molar-refractivity contribution in [3.63, 3.8) is 0 Å². The fourth-order valence-corrected chi connectivity index (χ4v) is 3.73. The first-order valence-electron chi connectivity index (χ1n) is 8.64. The summed E-state index contributed by atoms with van der Waals surface area (Å²) < 4.78 is 7.07. The Hall–Kier alpha value is -1.69. The van der Waals surface area contributed by atoms with Gasteiger partial charge in [0.05, 0.1) is 12.3 Å². The molecule has 0 unspecified atom stereocenters. The van der Waals surface area contributed by atoms with E-state index in [0.717, 1.165) is 17.4 Å². The van der Waals surface area contributed by atoms with Gasteiger partial charge in [0.25, 0.3) is 5.78 Å². The molecule has 1 saturated carbocycles. The SMILES string of the molecule is CCCC1CCC(N(C)c2cc(COC)nc3ncnn23)CC1. The van der Waals surface area contributed by atoms with Crippen LogP contribution >= 0.6 is 0 Å². The first-order valence-corrected chi connectivity index (χ1v) is 8.64. The average Bonchev–Trinajstić information content (AvgIpc) is 3.03. The maximum absolute atomic E-state index is 5.24. The average molecular weight is 317 g/mol. The Morgan fingerprint density at radius 2 is 2.09 bits per heavy atom. The zero-order valence-electron chi connectivity index (χ0n) is 14.4. The molecule has 0 aliphatic heterocycles. The molecule has 1 aliphatic rings. The van der Waals surface area contributed by atoms with Crippen molar-refractivity contribution in [2.45, 2.75) is 58.1 Å². The molecule has 2 aromatic heterocycles. The van der Waals surface area contributed by atoms with E-state index in [2.05, 4.69) is 40.0 Å². The molecule has 126 valence electrons. The van der Waals surface area contributed by atoms with Crippen LogP contribution in [0.5, 0.6) is 0 Å². The molecule has 1 fully saturated rings. The molecule has 0 saturated heterocycles. The largest absolute Gasteiger partial charge is 0.378 e. The molecule has 0 radical (unpaired) electrons.